The lowest BCUT2D eigenvalue weighted by atomic mass is 10.2. The van der Waals surface area contributed by atoms with Crippen LogP contribution < -0.4 is 5.73 Å². The Balaban J connectivity index is 2.65. The van der Waals surface area contributed by atoms with Gasteiger partial charge in [0.05, 0.1) is 11.4 Å². The largest absolute Gasteiger partial charge is 0.395 e. The van der Waals surface area contributed by atoms with Crippen molar-refractivity contribution in [1.82, 2.24) is 15.1 Å². The lowest BCUT2D eigenvalue weighted by Crippen LogP contribution is -2.29. The molecule has 0 saturated heterocycles. The molecule has 17 heavy (non-hydrogen) atoms. The first kappa shape index (κ1) is 13.5. The van der Waals surface area contributed by atoms with Gasteiger partial charge in [0.1, 0.15) is 0 Å². The Morgan fingerprint density at radius 3 is 2.82 bits per heavy atom. The molecule has 1 heterocycles. The summed E-state index contributed by atoms with van der Waals surface area (Å²) in [5, 5.41) is 6.74. The van der Waals surface area contributed by atoms with Crippen molar-refractivity contribution in [2.24, 2.45) is 0 Å². The zero-order chi connectivity index (χ0) is 12.8. The number of H-pyrrole nitrogens is 1. The SMILES string of the molecule is CCc1[nH]nc(C(=O)N(C)CCCOC)c1N. The van der Waals surface area contributed by atoms with E-state index in [0.717, 1.165) is 18.5 Å². The number of rotatable bonds is 6. The van der Waals surface area contributed by atoms with Gasteiger partial charge in [-0.25, -0.2) is 0 Å². The van der Waals surface area contributed by atoms with Gasteiger partial charge in [-0.15, -0.1) is 0 Å². The fourth-order valence-electron chi connectivity index (χ4n) is 1.55. The van der Waals surface area contributed by atoms with Crippen LogP contribution in [0.5, 0.6) is 0 Å². The van der Waals surface area contributed by atoms with E-state index < -0.39 is 0 Å². The van der Waals surface area contributed by atoms with E-state index in [2.05, 4.69) is 10.2 Å². The van der Waals surface area contributed by atoms with Crippen LogP contribution in [-0.4, -0.2) is 48.3 Å². The average molecular weight is 240 g/mol. The maximum atomic E-state index is 12.0. The zero-order valence-corrected chi connectivity index (χ0v) is 10.6. The van der Waals surface area contributed by atoms with E-state index in [-0.39, 0.29) is 5.91 Å². The number of carbonyl (C=O) groups excluding carboxylic acids is 1. The van der Waals surface area contributed by atoms with Crippen LogP contribution in [0.2, 0.25) is 0 Å². The van der Waals surface area contributed by atoms with Gasteiger partial charge >= 0.3 is 0 Å². The second kappa shape index (κ2) is 6.24. The monoisotopic (exact) mass is 240 g/mol. The Morgan fingerprint density at radius 1 is 1.59 bits per heavy atom. The fraction of sp³-hybridized carbons (Fsp3) is 0.636. The number of aromatic amines is 1. The maximum Gasteiger partial charge on any atom is 0.276 e. The summed E-state index contributed by atoms with van der Waals surface area (Å²) in [5.41, 5.74) is 7.41. The lowest BCUT2D eigenvalue weighted by molar-refractivity contribution is 0.0774. The molecule has 6 heteroatoms. The summed E-state index contributed by atoms with van der Waals surface area (Å²) in [6.07, 6.45) is 1.53. The van der Waals surface area contributed by atoms with Crippen LogP contribution in [0.4, 0.5) is 5.69 Å². The van der Waals surface area contributed by atoms with E-state index in [0.29, 0.717) is 24.5 Å². The molecule has 1 rings (SSSR count). The van der Waals surface area contributed by atoms with Gasteiger partial charge in [0.2, 0.25) is 0 Å². The van der Waals surface area contributed by atoms with Gasteiger partial charge < -0.3 is 15.4 Å². The molecule has 3 N–H and O–H groups in total. The number of nitrogens with one attached hydrogen (secondary N) is 1. The quantitative estimate of drug-likeness (QED) is 0.715. The molecule has 1 aromatic rings. The molecule has 0 aliphatic rings. The average Bonchev–Trinajstić information content (AvgIpc) is 2.69. The molecule has 0 aromatic carbocycles. The molecule has 96 valence electrons. The number of anilines is 1. The van der Waals surface area contributed by atoms with Crippen LogP contribution in [0.15, 0.2) is 0 Å². The molecule has 0 aliphatic carbocycles. The van der Waals surface area contributed by atoms with Gasteiger partial charge in [-0.2, -0.15) is 5.10 Å². The summed E-state index contributed by atoms with van der Waals surface area (Å²) in [6.45, 7) is 3.22. The number of ether oxygens (including phenoxy) is 1. The normalized spacial score (nSPS) is 10.5. The number of hydrogen-bond acceptors (Lipinski definition) is 4. The molecule has 0 saturated carbocycles. The Hall–Kier alpha value is -1.56. The minimum absolute atomic E-state index is 0.158. The van der Waals surface area contributed by atoms with Crippen LogP contribution in [0.3, 0.4) is 0 Å². The number of aryl methyl sites for hydroxylation is 1. The van der Waals surface area contributed by atoms with Crippen molar-refractivity contribution in [3.05, 3.63) is 11.4 Å². The minimum Gasteiger partial charge on any atom is -0.395 e. The molecular weight excluding hydrogens is 220 g/mol. The topological polar surface area (TPSA) is 84.2 Å². The Morgan fingerprint density at radius 2 is 2.29 bits per heavy atom. The molecule has 0 aliphatic heterocycles. The Kier molecular flexibility index (Phi) is 4.96. The Bertz CT molecular complexity index is 376. The van der Waals surface area contributed by atoms with E-state index in [1.165, 1.54) is 0 Å². The molecule has 0 spiro atoms. The minimum atomic E-state index is -0.158. The van der Waals surface area contributed by atoms with Gasteiger partial charge in [0, 0.05) is 27.3 Å². The number of methoxy groups -OCH3 is 1. The third-order valence-electron chi connectivity index (χ3n) is 2.63. The van der Waals surface area contributed by atoms with E-state index in [1.807, 2.05) is 6.92 Å². The molecule has 0 unspecified atom stereocenters. The summed E-state index contributed by atoms with van der Waals surface area (Å²) >= 11 is 0. The number of nitrogen functional groups attached to an aromatic ring is 1. The number of nitrogens with two attached hydrogens (primary N) is 1. The van der Waals surface area contributed by atoms with Gasteiger partial charge in [0.15, 0.2) is 5.69 Å². The highest BCUT2D eigenvalue weighted by Gasteiger charge is 2.19. The first-order valence-electron chi connectivity index (χ1n) is 5.68. The predicted molar refractivity (Wildman–Crippen MR) is 65.8 cm³/mol. The van der Waals surface area contributed by atoms with E-state index >= 15 is 0 Å². The van der Waals surface area contributed by atoms with Crippen LogP contribution in [0, 0.1) is 0 Å². The number of nitrogens with zero attached hydrogens (tertiary/aromatic N) is 2. The highest BCUT2D eigenvalue weighted by Crippen LogP contribution is 2.15. The first-order valence-corrected chi connectivity index (χ1v) is 5.68. The highest BCUT2D eigenvalue weighted by atomic mass is 16.5. The molecule has 1 aromatic heterocycles. The molecule has 0 fully saturated rings. The van der Waals surface area contributed by atoms with Crippen molar-refractivity contribution >= 4 is 11.6 Å². The van der Waals surface area contributed by atoms with Crippen LogP contribution in [-0.2, 0) is 11.2 Å². The molecule has 1 amide bonds. The van der Waals surface area contributed by atoms with Crippen LogP contribution in [0.1, 0.15) is 29.5 Å². The number of hydrogen-bond donors (Lipinski definition) is 2. The van der Waals surface area contributed by atoms with Crippen molar-refractivity contribution in [2.75, 3.05) is 33.0 Å². The van der Waals surface area contributed by atoms with Crippen LogP contribution >= 0.6 is 0 Å². The van der Waals surface area contributed by atoms with Crippen molar-refractivity contribution < 1.29 is 9.53 Å². The number of amides is 1. The van der Waals surface area contributed by atoms with Crippen molar-refractivity contribution in [3.63, 3.8) is 0 Å². The number of carbonyl (C=O) groups is 1. The van der Waals surface area contributed by atoms with Crippen molar-refractivity contribution in [2.45, 2.75) is 19.8 Å². The summed E-state index contributed by atoms with van der Waals surface area (Å²) in [7, 11) is 3.37. The van der Waals surface area contributed by atoms with Gasteiger partial charge in [-0.05, 0) is 12.8 Å². The third kappa shape index (κ3) is 3.20. The standard InChI is InChI=1S/C11H20N4O2/c1-4-8-9(12)10(14-13-8)11(16)15(2)6-5-7-17-3/h4-7,12H2,1-3H3,(H,13,14). The van der Waals surface area contributed by atoms with Crippen molar-refractivity contribution in [3.8, 4) is 0 Å². The number of aromatic nitrogens is 2. The molecular formula is C11H20N4O2. The maximum absolute atomic E-state index is 12.0. The van der Waals surface area contributed by atoms with E-state index in [9.17, 15) is 4.79 Å². The smallest absolute Gasteiger partial charge is 0.276 e. The summed E-state index contributed by atoms with van der Waals surface area (Å²) in [4.78, 5) is 13.6. The lowest BCUT2D eigenvalue weighted by Gasteiger charge is -2.15. The predicted octanol–water partition coefficient (Wildman–Crippen LogP) is 0.663. The zero-order valence-electron chi connectivity index (χ0n) is 10.6. The summed E-state index contributed by atoms with van der Waals surface area (Å²) < 4.78 is 4.94. The molecule has 0 bridgehead atoms. The first-order chi connectivity index (χ1) is 8.11. The molecule has 0 radical (unpaired) electrons. The molecule has 0 atom stereocenters. The second-order valence-corrected chi connectivity index (χ2v) is 3.89. The highest BCUT2D eigenvalue weighted by molar-refractivity contribution is 5.97. The van der Waals surface area contributed by atoms with Gasteiger partial charge in [0.25, 0.3) is 5.91 Å². The summed E-state index contributed by atoms with van der Waals surface area (Å²) in [6, 6.07) is 0. The fourth-order valence-corrected chi connectivity index (χ4v) is 1.55. The summed E-state index contributed by atoms with van der Waals surface area (Å²) in [5.74, 6) is -0.158. The van der Waals surface area contributed by atoms with Gasteiger partial charge in [-0.3, -0.25) is 9.89 Å². The third-order valence-corrected chi connectivity index (χ3v) is 2.63. The second-order valence-electron chi connectivity index (χ2n) is 3.89. The van der Waals surface area contributed by atoms with E-state index in [4.69, 9.17) is 10.5 Å². The van der Waals surface area contributed by atoms with Crippen molar-refractivity contribution in [1.29, 1.82) is 0 Å². The van der Waals surface area contributed by atoms with Crippen LogP contribution in [0.25, 0.3) is 0 Å². The van der Waals surface area contributed by atoms with E-state index in [1.54, 1.807) is 19.1 Å². The Labute approximate surface area is 101 Å². The van der Waals surface area contributed by atoms with Gasteiger partial charge in [-0.1, -0.05) is 6.92 Å². The molecule has 6 nitrogen and oxygen atoms in total.